The number of para-hydroxylation sites is 1. The fourth-order valence-electron chi connectivity index (χ4n) is 2.56. The van der Waals surface area contributed by atoms with Crippen LogP contribution in [0.15, 0.2) is 60.7 Å². The molecular formula is C20H21N3O2. The van der Waals surface area contributed by atoms with Crippen molar-refractivity contribution in [3.05, 3.63) is 72.1 Å². The van der Waals surface area contributed by atoms with Crippen LogP contribution in [0.5, 0.6) is 11.5 Å². The Hall–Kier alpha value is -3.08. The van der Waals surface area contributed by atoms with Crippen molar-refractivity contribution in [3.63, 3.8) is 0 Å². The monoisotopic (exact) mass is 335 g/mol. The van der Waals surface area contributed by atoms with Gasteiger partial charge in [-0.05, 0) is 56.3 Å². The van der Waals surface area contributed by atoms with E-state index >= 15 is 0 Å². The maximum atomic E-state index is 12.1. The third-order valence-electron chi connectivity index (χ3n) is 3.77. The number of aryl methyl sites for hydroxylation is 3. The summed E-state index contributed by atoms with van der Waals surface area (Å²) in [5, 5.41) is 7.25. The van der Waals surface area contributed by atoms with E-state index in [-0.39, 0.29) is 5.91 Å². The lowest BCUT2D eigenvalue weighted by Gasteiger charge is -2.08. The zero-order chi connectivity index (χ0) is 17.6. The molecule has 3 aromatic rings. The summed E-state index contributed by atoms with van der Waals surface area (Å²) in [6.45, 7) is 4.51. The molecule has 25 heavy (non-hydrogen) atoms. The van der Waals surface area contributed by atoms with E-state index in [2.05, 4.69) is 10.4 Å². The lowest BCUT2D eigenvalue weighted by Crippen LogP contribution is -2.15. The number of nitrogens with one attached hydrogen (secondary N) is 1. The van der Waals surface area contributed by atoms with E-state index in [9.17, 15) is 4.79 Å². The summed E-state index contributed by atoms with van der Waals surface area (Å²) in [5.74, 6) is 1.47. The highest BCUT2D eigenvalue weighted by Gasteiger charge is 2.06. The largest absolute Gasteiger partial charge is 0.457 e. The minimum absolute atomic E-state index is 0.0377. The molecule has 0 fully saturated rings. The summed E-state index contributed by atoms with van der Waals surface area (Å²) < 4.78 is 7.59. The first-order chi connectivity index (χ1) is 12.1. The van der Waals surface area contributed by atoms with E-state index in [1.54, 1.807) is 0 Å². The molecule has 0 saturated heterocycles. The highest BCUT2D eigenvalue weighted by atomic mass is 16.5. The topological polar surface area (TPSA) is 56.2 Å². The molecule has 0 spiro atoms. The van der Waals surface area contributed by atoms with Crippen LogP contribution in [0.3, 0.4) is 0 Å². The normalized spacial score (nSPS) is 10.5. The molecule has 0 aliphatic heterocycles. The number of rotatable bonds is 6. The molecule has 0 bridgehead atoms. The van der Waals surface area contributed by atoms with Crippen LogP contribution in [0.1, 0.15) is 17.8 Å². The fraction of sp³-hybridized carbons (Fsp3) is 0.200. The molecule has 0 radical (unpaired) electrons. The molecule has 3 rings (SSSR count). The molecule has 5 heteroatoms. The molecule has 0 unspecified atom stereocenters. The van der Waals surface area contributed by atoms with E-state index < -0.39 is 0 Å². The lowest BCUT2D eigenvalue weighted by molar-refractivity contribution is -0.116. The first kappa shape index (κ1) is 16.8. The van der Waals surface area contributed by atoms with Gasteiger partial charge in [-0.2, -0.15) is 5.10 Å². The van der Waals surface area contributed by atoms with Crippen LogP contribution in [0.2, 0.25) is 0 Å². The van der Waals surface area contributed by atoms with Gasteiger partial charge in [0.2, 0.25) is 5.91 Å². The summed E-state index contributed by atoms with van der Waals surface area (Å²) in [5.41, 5.74) is 2.78. The van der Waals surface area contributed by atoms with Crippen LogP contribution in [-0.2, 0) is 11.3 Å². The van der Waals surface area contributed by atoms with Gasteiger partial charge in [-0.3, -0.25) is 9.48 Å². The van der Waals surface area contributed by atoms with Crippen molar-refractivity contribution in [2.45, 2.75) is 26.8 Å². The molecule has 128 valence electrons. The van der Waals surface area contributed by atoms with Crippen molar-refractivity contribution >= 4 is 11.6 Å². The Morgan fingerprint density at radius 3 is 2.36 bits per heavy atom. The Morgan fingerprint density at radius 1 is 1.04 bits per heavy atom. The maximum absolute atomic E-state index is 12.1. The van der Waals surface area contributed by atoms with Gasteiger partial charge in [0.1, 0.15) is 11.5 Å². The van der Waals surface area contributed by atoms with E-state index in [0.29, 0.717) is 13.0 Å². The van der Waals surface area contributed by atoms with Crippen molar-refractivity contribution in [3.8, 4) is 11.5 Å². The number of nitrogens with zero attached hydrogens (tertiary/aromatic N) is 2. The van der Waals surface area contributed by atoms with Gasteiger partial charge in [0, 0.05) is 24.3 Å². The Morgan fingerprint density at radius 2 is 1.72 bits per heavy atom. The predicted molar refractivity (Wildman–Crippen MR) is 97.9 cm³/mol. The fourth-order valence-corrected chi connectivity index (χ4v) is 2.56. The third kappa shape index (κ3) is 4.70. The summed E-state index contributed by atoms with van der Waals surface area (Å²) in [6.07, 6.45) is 0.379. The quantitative estimate of drug-likeness (QED) is 0.730. The maximum Gasteiger partial charge on any atom is 0.226 e. The summed E-state index contributed by atoms with van der Waals surface area (Å²) in [4.78, 5) is 12.1. The molecule has 1 amide bonds. The van der Waals surface area contributed by atoms with Crippen molar-refractivity contribution < 1.29 is 9.53 Å². The summed E-state index contributed by atoms with van der Waals surface area (Å²) >= 11 is 0. The number of hydrogen-bond acceptors (Lipinski definition) is 3. The Kier molecular flexibility index (Phi) is 5.14. The highest BCUT2D eigenvalue weighted by Crippen LogP contribution is 2.22. The minimum atomic E-state index is -0.0377. The van der Waals surface area contributed by atoms with Crippen LogP contribution < -0.4 is 10.1 Å². The van der Waals surface area contributed by atoms with Crippen molar-refractivity contribution in [1.82, 2.24) is 9.78 Å². The number of amides is 1. The molecule has 0 saturated carbocycles. The zero-order valence-electron chi connectivity index (χ0n) is 14.4. The number of carbonyl (C=O) groups is 1. The van der Waals surface area contributed by atoms with Gasteiger partial charge in [0.15, 0.2) is 0 Å². The second-order valence-corrected chi connectivity index (χ2v) is 5.89. The first-order valence-electron chi connectivity index (χ1n) is 8.24. The molecule has 5 nitrogen and oxygen atoms in total. The number of hydrogen-bond donors (Lipinski definition) is 1. The molecule has 0 aliphatic rings. The lowest BCUT2D eigenvalue weighted by atomic mass is 10.3. The van der Waals surface area contributed by atoms with Crippen LogP contribution in [0, 0.1) is 13.8 Å². The van der Waals surface area contributed by atoms with Crippen LogP contribution >= 0.6 is 0 Å². The van der Waals surface area contributed by atoms with E-state index in [0.717, 1.165) is 28.6 Å². The molecule has 1 heterocycles. The first-order valence-corrected chi connectivity index (χ1v) is 8.24. The van der Waals surface area contributed by atoms with Crippen LogP contribution in [0.25, 0.3) is 0 Å². The van der Waals surface area contributed by atoms with Crippen molar-refractivity contribution in [1.29, 1.82) is 0 Å². The van der Waals surface area contributed by atoms with E-state index in [1.165, 1.54) is 0 Å². The van der Waals surface area contributed by atoms with Crippen molar-refractivity contribution in [2.24, 2.45) is 0 Å². The number of carbonyl (C=O) groups excluding carboxylic acids is 1. The molecule has 2 aromatic carbocycles. The van der Waals surface area contributed by atoms with Crippen LogP contribution in [0.4, 0.5) is 5.69 Å². The van der Waals surface area contributed by atoms with Gasteiger partial charge in [0.05, 0.1) is 5.69 Å². The predicted octanol–water partition coefficient (Wildman–Crippen LogP) is 4.32. The van der Waals surface area contributed by atoms with Crippen molar-refractivity contribution in [2.75, 3.05) is 5.32 Å². The van der Waals surface area contributed by atoms with Gasteiger partial charge in [-0.15, -0.1) is 0 Å². The molecule has 1 N–H and O–H groups in total. The number of benzene rings is 2. The van der Waals surface area contributed by atoms with Crippen LogP contribution in [-0.4, -0.2) is 15.7 Å². The van der Waals surface area contributed by atoms with Gasteiger partial charge in [-0.25, -0.2) is 0 Å². The molecule has 1 aromatic heterocycles. The van der Waals surface area contributed by atoms with E-state index in [4.69, 9.17) is 4.74 Å². The van der Waals surface area contributed by atoms with Gasteiger partial charge >= 0.3 is 0 Å². The third-order valence-corrected chi connectivity index (χ3v) is 3.77. The average Bonchev–Trinajstić information content (AvgIpc) is 2.93. The average molecular weight is 335 g/mol. The highest BCUT2D eigenvalue weighted by molar-refractivity contribution is 5.90. The molecular weight excluding hydrogens is 314 g/mol. The molecule has 0 aliphatic carbocycles. The Labute approximate surface area is 147 Å². The SMILES string of the molecule is Cc1cc(C)n(CCC(=O)Nc2ccc(Oc3ccccc3)cc2)n1. The van der Waals surface area contributed by atoms with Gasteiger partial charge < -0.3 is 10.1 Å². The van der Waals surface area contributed by atoms with E-state index in [1.807, 2.05) is 79.2 Å². The summed E-state index contributed by atoms with van der Waals surface area (Å²) in [7, 11) is 0. The smallest absolute Gasteiger partial charge is 0.226 e. The second-order valence-electron chi connectivity index (χ2n) is 5.89. The van der Waals surface area contributed by atoms with Gasteiger partial charge in [0.25, 0.3) is 0 Å². The molecule has 0 atom stereocenters. The Balaban J connectivity index is 1.52. The number of aromatic nitrogens is 2. The zero-order valence-corrected chi connectivity index (χ0v) is 14.4. The minimum Gasteiger partial charge on any atom is -0.457 e. The number of ether oxygens (including phenoxy) is 1. The second kappa shape index (κ2) is 7.66. The number of anilines is 1. The summed E-state index contributed by atoms with van der Waals surface area (Å²) in [6, 6.07) is 18.9. The standard InChI is InChI=1S/C20H21N3O2/c1-15-14-16(2)23(22-15)13-12-20(24)21-17-8-10-19(11-9-17)25-18-6-4-3-5-7-18/h3-11,14H,12-13H2,1-2H3,(H,21,24). The van der Waals surface area contributed by atoms with Gasteiger partial charge in [-0.1, -0.05) is 18.2 Å². The Bertz CT molecular complexity index is 839.